The number of carbonyl (C=O) groups is 4. The summed E-state index contributed by atoms with van der Waals surface area (Å²) in [5.74, 6) is -3.54. The average Bonchev–Trinajstić information content (AvgIpc) is 2.78. The molecule has 150 valence electrons. The third-order valence-electron chi connectivity index (χ3n) is 3.87. The van der Waals surface area contributed by atoms with Crippen LogP contribution in [0.15, 0.2) is 67.3 Å². The molecule has 0 saturated carbocycles. The van der Waals surface area contributed by atoms with Crippen LogP contribution in [-0.4, -0.2) is 33.8 Å². The number of hydrogen-bond acceptors (Lipinski definition) is 8. The number of ether oxygens (including phenoxy) is 2. The van der Waals surface area contributed by atoms with Crippen LogP contribution in [0.3, 0.4) is 0 Å². The van der Waals surface area contributed by atoms with E-state index in [1.165, 1.54) is 18.5 Å². The zero-order valence-corrected chi connectivity index (χ0v) is 15.5. The summed E-state index contributed by atoms with van der Waals surface area (Å²) < 4.78 is 9.94. The summed E-state index contributed by atoms with van der Waals surface area (Å²) in [6, 6.07) is 11.4. The molecule has 0 radical (unpaired) electrons. The molecule has 2 N–H and O–H groups in total. The molecule has 2 heterocycles. The van der Waals surface area contributed by atoms with E-state index in [0.717, 1.165) is 24.0 Å². The largest absolute Gasteiger partial charge is 0.457 e. The molecule has 0 saturated heterocycles. The van der Waals surface area contributed by atoms with Gasteiger partial charge in [-0.2, -0.15) is 0 Å². The second-order valence-corrected chi connectivity index (χ2v) is 6.03. The van der Waals surface area contributed by atoms with Gasteiger partial charge >= 0.3 is 17.9 Å². The first-order valence-electron chi connectivity index (χ1n) is 8.61. The molecule has 0 spiro atoms. The number of hydrogen-bond donors (Lipinski definition) is 1. The summed E-state index contributed by atoms with van der Waals surface area (Å²) in [5, 5.41) is 0. The van der Waals surface area contributed by atoms with Crippen molar-refractivity contribution in [1.29, 1.82) is 0 Å². The number of benzene rings is 1. The number of pyridine rings is 2. The van der Waals surface area contributed by atoms with Crippen molar-refractivity contribution in [3.63, 3.8) is 0 Å². The summed E-state index contributed by atoms with van der Waals surface area (Å²) in [5.41, 5.74) is 5.67. The lowest BCUT2D eigenvalue weighted by Crippen LogP contribution is -2.16. The van der Waals surface area contributed by atoms with Gasteiger partial charge in [-0.15, -0.1) is 0 Å². The van der Waals surface area contributed by atoms with Gasteiger partial charge in [0.2, 0.25) is 5.91 Å². The molecule has 1 aromatic carbocycles. The van der Waals surface area contributed by atoms with Crippen LogP contribution in [0.2, 0.25) is 0 Å². The van der Waals surface area contributed by atoms with E-state index < -0.39 is 23.8 Å². The third-order valence-corrected chi connectivity index (χ3v) is 3.87. The van der Waals surface area contributed by atoms with Gasteiger partial charge in [-0.3, -0.25) is 14.8 Å². The van der Waals surface area contributed by atoms with Crippen LogP contribution >= 0.6 is 0 Å². The number of nitrogens with two attached hydrogens (primary N) is 1. The van der Waals surface area contributed by atoms with Gasteiger partial charge in [0, 0.05) is 24.8 Å². The van der Waals surface area contributed by atoms with Crippen molar-refractivity contribution in [2.75, 3.05) is 0 Å². The summed E-state index contributed by atoms with van der Waals surface area (Å²) in [6.45, 7) is 0.0516. The lowest BCUT2D eigenvalue weighted by atomic mass is 10.2. The van der Waals surface area contributed by atoms with Crippen molar-refractivity contribution in [2.24, 2.45) is 5.73 Å². The first-order chi connectivity index (χ1) is 14.4. The lowest BCUT2D eigenvalue weighted by Gasteiger charge is -2.07. The minimum Gasteiger partial charge on any atom is -0.457 e. The highest BCUT2D eigenvalue weighted by Crippen LogP contribution is 2.11. The van der Waals surface area contributed by atoms with Crippen molar-refractivity contribution >= 4 is 23.8 Å². The molecule has 9 nitrogen and oxygen atoms in total. The fourth-order valence-corrected chi connectivity index (χ4v) is 2.36. The van der Waals surface area contributed by atoms with E-state index in [9.17, 15) is 19.2 Å². The second kappa shape index (κ2) is 9.20. The molecule has 30 heavy (non-hydrogen) atoms. The number of amides is 1. The first kappa shape index (κ1) is 20.3. The second-order valence-electron chi connectivity index (χ2n) is 6.03. The fraction of sp³-hybridized carbons (Fsp3) is 0.0476. The number of rotatable bonds is 6. The molecule has 3 aromatic rings. The molecule has 0 aliphatic carbocycles. The monoisotopic (exact) mass is 405 g/mol. The maximum absolute atomic E-state index is 12.3. The van der Waals surface area contributed by atoms with Crippen molar-refractivity contribution < 1.29 is 28.7 Å². The van der Waals surface area contributed by atoms with Gasteiger partial charge < -0.3 is 15.2 Å². The molecular formula is C21H15N3O6. The van der Waals surface area contributed by atoms with Gasteiger partial charge in [0.1, 0.15) is 6.61 Å². The maximum atomic E-state index is 12.3. The Labute approximate surface area is 170 Å². The van der Waals surface area contributed by atoms with Crippen LogP contribution in [0.5, 0.6) is 0 Å². The molecule has 0 aliphatic rings. The quantitative estimate of drug-likeness (QED) is 0.485. The van der Waals surface area contributed by atoms with E-state index in [2.05, 4.69) is 9.97 Å². The van der Waals surface area contributed by atoms with Gasteiger partial charge in [-0.25, -0.2) is 14.4 Å². The Morgan fingerprint density at radius 3 is 1.80 bits per heavy atom. The van der Waals surface area contributed by atoms with Crippen LogP contribution in [0, 0.1) is 0 Å². The zero-order valence-electron chi connectivity index (χ0n) is 15.5. The molecule has 0 bridgehead atoms. The normalized spacial score (nSPS) is 10.1. The molecule has 3 rings (SSSR count). The summed E-state index contributed by atoms with van der Waals surface area (Å²) in [7, 11) is 0. The van der Waals surface area contributed by atoms with Crippen LogP contribution in [-0.2, 0) is 16.1 Å². The van der Waals surface area contributed by atoms with Crippen LogP contribution in [0.4, 0.5) is 0 Å². The minimum absolute atomic E-state index is 0.0123. The predicted octanol–water partition coefficient (Wildman–Crippen LogP) is 1.93. The average molecular weight is 405 g/mol. The van der Waals surface area contributed by atoms with Crippen LogP contribution < -0.4 is 5.73 Å². The predicted molar refractivity (Wildman–Crippen MR) is 102 cm³/mol. The Hall–Kier alpha value is -4.40. The van der Waals surface area contributed by atoms with Crippen molar-refractivity contribution in [3.05, 3.63) is 95.1 Å². The first-order valence-corrected chi connectivity index (χ1v) is 8.61. The molecule has 0 fully saturated rings. The number of esters is 3. The van der Waals surface area contributed by atoms with Gasteiger partial charge in [-0.1, -0.05) is 30.3 Å². The highest BCUT2D eigenvalue weighted by Gasteiger charge is 2.19. The van der Waals surface area contributed by atoms with Crippen molar-refractivity contribution in [1.82, 2.24) is 9.97 Å². The SMILES string of the molecule is NC(=O)c1cncc(C(=O)OC(=O)c2cncc(C(=O)OCc3ccccc3)c2)c1. The standard InChI is InChI=1S/C21H15N3O6/c22-18(25)14-6-16(10-23-8-14)20(27)30-21(28)17-7-15(9-24-11-17)19(26)29-12-13-4-2-1-3-5-13/h1-11H,12H2,(H2,22,25). The Morgan fingerprint density at radius 1 is 0.733 bits per heavy atom. The number of carbonyl (C=O) groups excluding carboxylic acids is 4. The highest BCUT2D eigenvalue weighted by molar-refractivity contribution is 6.04. The Bertz CT molecular complexity index is 1110. The molecule has 0 atom stereocenters. The zero-order chi connectivity index (χ0) is 21.5. The highest BCUT2D eigenvalue weighted by atomic mass is 16.6. The fourth-order valence-electron chi connectivity index (χ4n) is 2.36. The number of nitrogens with zero attached hydrogens (tertiary/aromatic N) is 2. The van der Waals surface area contributed by atoms with Gasteiger partial charge in [0.05, 0.1) is 22.3 Å². The Balaban J connectivity index is 1.66. The molecule has 9 heteroatoms. The summed E-state index contributed by atoms with van der Waals surface area (Å²) >= 11 is 0. The lowest BCUT2D eigenvalue weighted by molar-refractivity contribution is 0.0397. The van der Waals surface area contributed by atoms with Crippen molar-refractivity contribution in [2.45, 2.75) is 6.61 Å². The van der Waals surface area contributed by atoms with Gasteiger partial charge in [0.25, 0.3) is 0 Å². The van der Waals surface area contributed by atoms with E-state index in [-0.39, 0.29) is 28.9 Å². The molecule has 1 amide bonds. The smallest absolute Gasteiger partial charge is 0.347 e. The molecule has 2 aromatic heterocycles. The third kappa shape index (κ3) is 5.10. The Kier molecular flexibility index (Phi) is 6.23. The van der Waals surface area contributed by atoms with Crippen molar-refractivity contribution in [3.8, 4) is 0 Å². The Morgan fingerprint density at radius 2 is 1.23 bits per heavy atom. The van der Waals surface area contributed by atoms with E-state index in [4.69, 9.17) is 15.2 Å². The number of aromatic nitrogens is 2. The van der Waals surface area contributed by atoms with E-state index >= 15 is 0 Å². The molecular weight excluding hydrogens is 390 g/mol. The maximum Gasteiger partial charge on any atom is 0.347 e. The molecule has 0 aliphatic heterocycles. The topological polar surface area (TPSA) is 139 Å². The van der Waals surface area contributed by atoms with Crippen LogP contribution in [0.1, 0.15) is 47.0 Å². The summed E-state index contributed by atoms with van der Waals surface area (Å²) in [6.07, 6.45) is 4.67. The molecule has 0 unspecified atom stereocenters. The van der Waals surface area contributed by atoms with E-state index in [1.807, 2.05) is 18.2 Å². The number of primary amides is 1. The minimum atomic E-state index is -1.03. The van der Waals surface area contributed by atoms with E-state index in [0.29, 0.717) is 0 Å². The summed E-state index contributed by atoms with van der Waals surface area (Å²) in [4.78, 5) is 55.3. The van der Waals surface area contributed by atoms with Crippen LogP contribution in [0.25, 0.3) is 0 Å². The van der Waals surface area contributed by atoms with E-state index in [1.54, 1.807) is 12.1 Å². The van der Waals surface area contributed by atoms with Gasteiger partial charge in [0.15, 0.2) is 0 Å². The van der Waals surface area contributed by atoms with Gasteiger partial charge in [-0.05, 0) is 17.7 Å².